The van der Waals surface area contributed by atoms with Crippen molar-refractivity contribution in [3.8, 4) is 0 Å². The van der Waals surface area contributed by atoms with Gasteiger partial charge in [-0.1, -0.05) is 24.3 Å². The van der Waals surface area contributed by atoms with E-state index in [-0.39, 0.29) is 6.04 Å². The number of benzene rings is 1. The van der Waals surface area contributed by atoms with Crippen LogP contribution in [0, 0.1) is 11.6 Å². The van der Waals surface area contributed by atoms with Gasteiger partial charge < -0.3 is 5.32 Å². The molecule has 19 heavy (non-hydrogen) atoms. The van der Waals surface area contributed by atoms with Crippen LogP contribution in [0.25, 0.3) is 0 Å². The van der Waals surface area contributed by atoms with Gasteiger partial charge in [-0.15, -0.1) is 10.2 Å². The molecule has 102 valence electrons. The second-order valence-corrected chi connectivity index (χ2v) is 5.30. The average Bonchev–Trinajstić information content (AvgIpc) is 2.84. The highest BCUT2D eigenvalue weighted by Gasteiger charge is 2.13. The Morgan fingerprint density at radius 1 is 1.26 bits per heavy atom. The summed E-state index contributed by atoms with van der Waals surface area (Å²) >= 11 is 1.49. The molecule has 0 radical (unpaired) electrons. The molecule has 1 N–H and O–H groups in total. The van der Waals surface area contributed by atoms with Crippen LogP contribution in [0.1, 0.15) is 35.0 Å². The minimum atomic E-state index is -0.831. The summed E-state index contributed by atoms with van der Waals surface area (Å²) in [5.41, 5.74) is 0.694. The van der Waals surface area contributed by atoms with E-state index in [9.17, 15) is 8.78 Å². The molecule has 0 bridgehead atoms. The van der Waals surface area contributed by atoms with E-state index in [2.05, 4.69) is 22.4 Å². The number of nitrogens with zero attached hydrogens (tertiary/aromatic N) is 2. The van der Waals surface area contributed by atoms with Crippen molar-refractivity contribution in [2.45, 2.75) is 25.8 Å². The fourth-order valence-corrected chi connectivity index (χ4v) is 2.88. The van der Waals surface area contributed by atoms with Crippen LogP contribution in [0.15, 0.2) is 18.2 Å². The van der Waals surface area contributed by atoms with Gasteiger partial charge >= 0.3 is 0 Å². The Labute approximate surface area is 114 Å². The van der Waals surface area contributed by atoms with Gasteiger partial charge in [0.1, 0.15) is 10.0 Å². The number of hydrogen-bond acceptors (Lipinski definition) is 4. The summed E-state index contributed by atoms with van der Waals surface area (Å²) in [7, 11) is 1.88. The van der Waals surface area contributed by atoms with Crippen molar-refractivity contribution in [3.05, 3.63) is 45.4 Å². The molecule has 3 nitrogen and oxygen atoms in total. The lowest BCUT2D eigenvalue weighted by Crippen LogP contribution is -2.14. The van der Waals surface area contributed by atoms with Crippen molar-refractivity contribution in [2.75, 3.05) is 7.05 Å². The highest BCUT2D eigenvalue weighted by atomic mass is 32.1. The Bertz CT molecular complexity index is 553. The summed E-state index contributed by atoms with van der Waals surface area (Å²) in [5.74, 6) is -1.66. The van der Waals surface area contributed by atoms with Gasteiger partial charge in [-0.2, -0.15) is 0 Å². The fourth-order valence-electron chi connectivity index (χ4n) is 1.81. The van der Waals surface area contributed by atoms with E-state index in [0.29, 0.717) is 12.0 Å². The fraction of sp³-hybridized carbons (Fsp3) is 0.385. The predicted molar refractivity (Wildman–Crippen MR) is 71.2 cm³/mol. The Balaban J connectivity index is 2.13. The van der Waals surface area contributed by atoms with E-state index in [4.69, 9.17) is 0 Å². The molecule has 1 unspecified atom stereocenters. The van der Waals surface area contributed by atoms with Crippen LogP contribution in [0.5, 0.6) is 0 Å². The maximum atomic E-state index is 13.1. The quantitative estimate of drug-likeness (QED) is 0.916. The molecule has 1 heterocycles. The number of aromatic nitrogens is 2. The average molecular weight is 283 g/mol. The van der Waals surface area contributed by atoms with Crippen molar-refractivity contribution < 1.29 is 8.78 Å². The highest BCUT2D eigenvalue weighted by molar-refractivity contribution is 7.11. The molecular formula is C13H15F2N3S. The second kappa shape index (κ2) is 6.16. The monoisotopic (exact) mass is 283 g/mol. The topological polar surface area (TPSA) is 37.8 Å². The number of rotatable bonds is 5. The van der Waals surface area contributed by atoms with E-state index in [0.717, 1.165) is 22.5 Å². The lowest BCUT2D eigenvalue weighted by molar-refractivity contribution is 0.507. The zero-order valence-electron chi connectivity index (χ0n) is 10.8. The van der Waals surface area contributed by atoms with E-state index in [1.165, 1.54) is 17.4 Å². The zero-order valence-corrected chi connectivity index (χ0v) is 11.6. The van der Waals surface area contributed by atoms with E-state index in [1.807, 2.05) is 7.05 Å². The zero-order chi connectivity index (χ0) is 13.8. The maximum absolute atomic E-state index is 13.1. The summed E-state index contributed by atoms with van der Waals surface area (Å²) < 4.78 is 25.9. The predicted octanol–water partition coefficient (Wildman–Crippen LogP) is 3.08. The lowest BCUT2D eigenvalue weighted by Gasteiger charge is -2.08. The Kier molecular flexibility index (Phi) is 4.55. The van der Waals surface area contributed by atoms with Gasteiger partial charge in [0, 0.05) is 6.42 Å². The molecule has 6 heteroatoms. The minimum Gasteiger partial charge on any atom is -0.311 e. The molecule has 1 aromatic heterocycles. The van der Waals surface area contributed by atoms with Gasteiger partial charge in [-0.3, -0.25) is 0 Å². The summed E-state index contributed by atoms with van der Waals surface area (Å²) in [6.45, 7) is 2.07. The van der Waals surface area contributed by atoms with Crippen LogP contribution < -0.4 is 5.32 Å². The Morgan fingerprint density at radius 3 is 2.68 bits per heavy atom. The van der Waals surface area contributed by atoms with E-state index < -0.39 is 11.6 Å². The first-order valence-electron chi connectivity index (χ1n) is 6.07. The maximum Gasteiger partial charge on any atom is 0.159 e. The summed E-state index contributed by atoms with van der Waals surface area (Å²) in [4.78, 5) is 0. The minimum absolute atomic E-state index is 0.191. The molecule has 0 aliphatic rings. The van der Waals surface area contributed by atoms with Crippen LogP contribution in [0.4, 0.5) is 8.78 Å². The third-order valence-electron chi connectivity index (χ3n) is 2.88. The normalized spacial score (nSPS) is 12.6. The van der Waals surface area contributed by atoms with Gasteiger partial charge in [0.25, 0.3) is 0 Å². The van der Waals surface area contributed by atoms with Crippen molar-refractivity contribution in [1.82, 2.24) is 15.5 Å². The highest BCUT2D eigenvalue weighted by Crippen LogP contribution is 2.22. The van der Waals surface area contributed by atoms with Crippen molar-refractivity contribution in [2.24, 2.45) is 0 Å². The Hall–Kier alpha value is -1.40. The van der Waals surface area contributed by atoms with Gasteiger partial charge in [0.05, 0.1) is 6.04 Å². The van der Waals surface area contributed by atoms with Gasteiger partial charge in [-0.25, -0.2) is 8.78 Å². The first-order valence-corrected chi connectivity index (χ1v) is 6.89. The standard InChI is InChI=1S/C13H15F2N3S/c1-3-11(16-2)13-18-17-12(19-13)7-8-4-5-9(14)10(15)6-8/h4-6,11,16H,3,7H2,1-2H3. The molecule has 0 amide bonds. The molecule has 0 saturated heterocycles. The molecule has 0 aliphatic carbocycles. The second-order valence-electron chi connectivity index (χ2n) is 4.21. The number of halogens is 2. The van der Waals surface area contributed by atoms with Crippen LogP contribution in [0.2, 0.25) is 0 Å². The largest absolute Gasteiger partial charge is 0.311 e. The molecular weight excluding hydrogens is 268 g/mol. The van der Waals surface area contributed by atoms with Crippen LogP contribution in [-0.4, -0.2) is 17.2 Å². The van der Waals surface area contributed by atoms with Gasteiger partial charge in [0.2, 0.25) is 0 Å². The van der Waals surface area contributed by atoms with Crippen LogP contribution in [-0.2, 0) is 6.42 Å². The van der Waals surface area contributed by atoms with Gasteiger partial charge in [0.15, 0.2) is 11.6 Å². The lowest BCUT2D eigenvalue weighted by atomic mass is 10.1. The first kappa shape index (κ1) is 14.0. The molecule has 0 aliphatic heterocycles. The molecule has 2 rings (SSSR count). The van der Waals surface area contributed by atoms with Crippen molar-refractivity contribution in [1.29, 1.82) is 0 Å². The third kappa shape index (κ3) is 3.33. The molecule has 1 atom stereocenters. The first-order chi connectivity index (χ1) is 9.13. The molecule has 2 aromatic rings. The number of hydrogen-bond donors (Lipinski definition) is 1. The van der Waals surface area contributed by atoms with E-state index >= 15 is 0 Å². The molecule has 0 saturated carbocycles. The van der Waals surface area contributed by atoms with Crippen LogP contribution in [0.3, 0.4) is 0 Å². The SMILES string of the molecule is CCC(NC)c1nnc(Cc2ccc(F)c(F)c2)s1. The van der Waals surface area contributed by atoms with Crippen molar-refractivity contribution >= 4 is 11.3 Å². The molecule has 0 fully saturated rings. The van der Waals surface area contributed by atoms with Crippen molar-refractivity contribution in [3.63, 3.8) is 0 Å². The third-order valence-corrected chi connectivity index (χ3v) is 3.91. The van der Waals surface area contributed by atoms with Gasteiger partial charge in [-0.05, 0) is 31.2 Å². The summed E-state index contributed by atoms with van der Waals surface area (Å²) in [6.07, 6.45) is 1.39. The van der Waals surface area contributed by atoms with E-state index in [1.54, 1.807) is 6.07 Å². The van der Waals surface area contributed by atoms with Crippen LogP contribution >= 0.6 is 11.3 Å². The molecule has 0 spiro atoms. The summed E-state index contributed by atoms with van der Waals surface area (Å²) in [5, 5.41) is 13.1. The number of nitrogens with one attached hydrogen (secondary N) is 1. The summed E-state index contributed by atoms with van der Waals surface area (Å²) in [6, 6.07) is 4.09. The molecule has 1 aromatic carbocycles. The Morgan fingerprint density at radius 2 is 2.05 bits per heavy atom. The smallest absolute Gasteiger partial charge is 0.159 e.